The molecule has 0 radical (unpaired) electrons. The standard InChI is InChI=1S/C16H25FN2O/c1-4-20-13-7-12(8-13)9-15(19-18)16-11(3)5-10(2)6-14(16)17/h5-6,12-13,15,19H,4,7-9,18H2,1-3H3. The zero-order chi connectivity index (χ0) is 14.7. The Bertz CT molecular complexity index is 435. The average molecular weight is 280 g/mol. The Morgan fingerprint density at radius 2 is 2.10 bits per heavy atom. The van der Waals surface area contributed by atoms with Gasteiger partial charge in [0, 0.05) is 18.2 Å². The van der Waals surface area contributed by atoms with Crippen LogP contribution in [0.4, 0.5) is 4.39 Å². The van der Waals surface area contributed by atoms with Gasteiger partial charge in [-0.25, -0.2) is 4.39 Å². The molecule has 2 rings (SSSR count). The molecule has 1 aliphatic carbocycles. The summed E-state index contributed by atoms with van der Waals surface area (Å²) >= 11 is 0. The maximum Gasteiger partial charge on any atom is 0.128 e. The number of benzene rings is 1. The smallest absolute Gasteiger partial charge is 0.128 e. The maximum atomic E-state index is 14.2. The molecule has 0 spiro atoms. The summed E-state index contributed by atoms with van der Waals surface area (Å²) in [5, 5.41) is 0. The van der Waals surface area contributed by atoms with Gasteiger partial charge in [-0.1, -0.05) is 6.07 Å². The molecule has 1 aromatic rings. The Kier molecular flexibility index (Phi) is 5.13. The van der Waals surface area contributed by atoms with Crippen LogP contribution < -0.4 is 11.3 Å². The van der Waals surface area contributed by atoms with Gasteiger partial charge >= 0.3 is 0 Å². The molecule has 0 aliphatic heterocycles. The lowest BCUT2D eigenvalue weighted by Gasteiger charge is -2.37. The van der Waals surface area contributed by atoms with E-state index < -0.39 is 0 Å². The molecule has 1 aliphatic rings. The van der Waals surface area contributed by atoms with Gasteiger partial charge in [-0.15, -0.1) is 0 Å². The first-order chi connectivity index (χ1) is 9.55. The van der Waals surface area contributed by atoms with Crippen LogP contribution in [0.5, 0.6) is 0 Å². The number of nitrogens with one attached hydrogen (secondary N) is 1. The van der Waals surface area contributed by atoms with Crippen molar-refractivity contribution in [3.8, 4) is 0 Å². The summed E-state index contributed by atoms with van der Waals surface area (Å²) in [5.41, 5.74) is 5.40. The van der Waals surface area contributed by atoms with Crippen molar-refractivity contribution in [1.82, 2.24) is 5.43 Å². The minimum atomic E-state index is -0.161. The van der Waals surface area contributed by atoms with Gasteiger partial charge in [-0.05, 0) is 63.1 Å². The van der Waals surface area contributed by atoms with Crippen LogP contribution in [0.15, 0.2) is 12.1 Å². The van der Waals surface area contributed by atoms with Crippen LogP contribution in [0.1, 0.15) is 48.9 Å². The molecule has 4 heteroatoms. The summed E-state index contributed by atoms with van der Waals surface area (Å²) < 4.78 is 19.8. The van der Waals surface area contributed by atoms with Gasteiger partial charge in [-0.2, -0.15) is 0 Å². The zero-order valence-corrected chi connectivity index (χ0v) is 12.6. The van der Waals surface area contributed by atoms with Gasteiger partial charge in [-0.3, -0.25) is 11.3 Å². The SMILES string of the molecule is CCOC1CC(CC(NN)c2c(C)cc(C)cc2F)C1. The lowest BCUT2D eigenvalue weighted by atomic mass is 9.77. The van der Waals surface area contributed by atoms with E-state index in [1.807, 2.05) is 26.8 Å². The van der Waals surface area contributed by atoms with E-state index >= 15 is 0 Å². The number of nitrogens with two attached hydrogens (primary N) is 1. The third-order valence-corrected chi connectivity index (χ3v) is 4.19. The fourth-order valence-electron chi connectivity index (χ4n) is 3.21. The molecule has 0 aromatic heterocycles. The second-order valence-corrected chi connectivity index (χ2v) is 5.85. The first-order valence-corrected chi connectivity index (χ1v) is 7.39. The first-order valence-electron chi connectivity index (χ1n) is 7.39. The molecule has 1 aromatic carbocycles. The molecule has 1 fully saturated rings. The van der Waals surface area contributed by atoms with Crippen molar-refractivity contribution in [2.75, 3.05) is 6.61 Å². The number of ether oxygens (including phenoxy) is 1. The summed E-state index contributed by atoms with van der Waals surface area (Å²) in [4.78, 5) is 0. The van der Waals surface area contributed by atoms with Gasteiger partial charge in [0.05, 0.1) is 6.10 Å². The molecule has 0 amide bonds. The number of hydrogen-bond acceptors (Lipinski definition) is 3. The first kappa shape index (κ1) is 15.4. The van der Waals surface area contributed by atoms with Crippen LogP contribution >= 0.6 is 0 Å². The predicted octanol–water partition coefficient (Wildman–Crippen LogP) is 3.15. The molecule has 1 unspecified atom stereocenters. The summed E-state index contributed by atoms with van der Waals surface area (Å²) in [6, 6.07) is 3.46. The Morgan fingerprint density at radius 1 is 1.40 bits per heavy atom. The molecule has 0 bridgehead atoms. The van der Waals surface area contributed by atoms with Crippen LogP contribution in [-0.2, 0) is 4.74 Å². The van der Waals surface area contributed by atoms with Crippen molar-refractivity contribution in [3.05, 3.63) is 34.6 Å². The van der Waals surface area contributed by atoms with Crippen molar-refractivity contribution in [2.24, 2.45) is 11.8 Å². The fourth-order valence-corrected chi connectivity index (χ4v) is 3.21. The van der Waals surface area contributed by atoms with E-state index in [-0.39, 0.29) is 11.9 Å². The molecular weight excluding hydrogens is 255 g/mol. The molecule has 20 heavy (non-hydrogen) atoms. The second kappa shape index (κ2) is 6.66. The van der Waals surface area contributed by atoms with Gasteiger partial charge in [0.25, 0.3) is 0 Å². The highest BCUT2D eigenvalue weighted by Gasteiger charge is 2.32. The third-order valence-electron chi connectivity index (χ3n) is 4.19. The monoisotopic (exact) mass is 280 g/mol. The summed E-state index contributed by atoms with van der Waals surface area (Å²) in [7, 11) is 0. The van der Waals surface area contributed by atoms with Crippen molar-refractivity contribution < 1.29 is 9.13 Å². The van der Waals surface area contributed by atoms with Gasteiger partial charge in [0.15, 0.2) is 0 Å². The number of hydrazine groups is 1. The van der Waals surface area contributed by atoms with Crippen LogP contribution in [0.3, 0.4) is 0 Å². The molecule has 0 saturated heterocycles. The number of rotatable bonds is 6. The minimum Gasteiger partial charge on any atom is -0.378 e. The Labute approximate surface area is 120 Å². The Morgan fingerprint density at radius 3 is 2.65 bits per heavy atom. The van der Waals surface area contributed by atoms with Crippen molar-refractivity contribution in [1.29, 1.82) is 0 Å². The summed E-state index contributed by atoms with van der Waals surface area (Å²) in [5.74, 6) is 6.05. The predicted molar refractivity (Wildman–Crippen MR) is 78.7 cm³/mol. The topological polar surface area (TPSA) is 47.3 Å². The second-order valence-electron chi connectivity index (χ2n) is 5.85. The molecule has 1 saturated carbocycles. The van der Waals surface area contributed by atoms with Crippen LogP contribution in [0, 0.1) is 25.6 Å². The molecular formula is C16H25FN2O. The van der Waals surface area contributed by atoms with Crippen LogP contribution in [-0.4, -0.2) is 12.7 Å². The quantitative estimate of drug-likeness (QED) is 0.621. The van der Waals surface area contributed by atoms with E-state index in [1.165, 1.54) is 0 Å². The lowest BCUT2D eigenvalue weighted by molar-refractivity contribution is -0.0292. The third kappa shape index (κ3) is 3.37. The maximum absolute atomic E-state index is 14.2. The van der Waals surface area contributed by atoms with Gasteiger partial charge in [0.1, 0.15) is 5.82 Å². The molecule has 1 atom stereocenters. The highest BCUT2D eigenvalue weighted by molar-refractivity contribution is 5.34. The number of aryl methyl sites for hydroxylation is 2. The van der Waals surface area contributed by atoms with Crippen molar-refractivity contribution in [2.45, 2.75) is 52.2 Å². The molecule has 3 N–H and O–H groups in total. The Hall–Kier alpha value is -0.970. The molecule has 112 valence electrons. The van der Waals surface area contributed by atoms with Crippen LogP contribution in [0.2, 0.25) is 0 Å². The highest BCUT2D eigenvalue weighted by atomic mass is 19.1. The molecule has 0 heterocycles. The number of hydrogen-bond donors (Lipinski definition) is 2. The largest absolute Gasteiger partial charge is 0.378 e. The van der Waals surface area contributed by atoms with E-state index in [4.69, 9.17) is 10.6 Å². The van der Waals surface area contributed by atoms with E-state index in [2.05, 4.69) is 5.43 Å². The fraction of sp³-hybridized carbons (Fsp3) is 0.625. The van der Waals surface area contributed by atoms with E-state index in [0.29, 0.717) is 17.6 Å². The van der Waals surface area contributed by atoms with Gasteiger partial charge < -0.3 is 4.74 Å². The van der Waals surface area contributed by atoms with Crippen molar-refractivity contribution in [3.63, 3.8) is 0 Å². The van der Waals surface area contributed by atoms with Crippen molar-refractivity contribution >= 4 is 0 Å². The van der Waals surface area contributed by atoms with E-state index in [0.717, 1.165) is 37.0 Å². The minimum absolute atomic E-state index is 0.122. The highest BCUT2D eigenvalue weighted by Crippen LogP contribution is 2.38. The number of halogens is 1. The Balaban J connectivity index is 2.03. The van der Waals surface area contributed by atoms with Gasteiger partial charge in [0.2, 0.25) is 0 Å². The summed E-state index contributed by atoms with van der Waals surface area (Å²) in [6.07, 6.45) is 3.35. The lowest BCUT2D eigenvalue weighted by Crippen LogP contribution is -2.37. The molecule has 3 nitrogen and oxygen atoms in total. The van der Waals surface area contributed by atoms with E-state index in [1.54, 1.807) is 6.07 Å². The zero-order valence-electron chi connectivity index (χ0n) is 12.6. The van der Waals surface area contributed by atoms with E-state index in [9.17, 15) is 4.39 Å². The average Bonchev–Trinajstić information content (AvgIpc) is 2.33. The normalized spacial score (nSPS) is 23.4. The van der Waals surface area contributed by atoms with Crippen LogP contribution in [0.25, 0.3) is 0 Å². The summed E-state index contributed by atoms with van der Waals surface area (Å²) in [6.45, 7) is 6.63.